The molecule has 0 bridgehead atoms. The first-order valence-corrected chi connectivity index (χ1v) is 9.27. The molecule has 1 amide bonds. The largest absolute Gasteiger partial charge is 0.325 e. The predicted octanol–water partition coefficient (Wildman–Crippen LogP) is 4.08. The molecule has 0 spiro atoms. The van der Waals surface area contributed by atoms with E-state index in [1.54, 1.807) is 11.8 Å². The van der Waals surface area contributed by atoms with Crippen LogP contribution in [0.4, 0.5) is 5.69 Å². The first-order chi connectivity index (χ1) is 10.1. The van der Waals surface area contributed by atoms with Gasteiger partial charge in [-0.3, -0.25) is 4.79 Å². The summed E-state index contributed by atoms with van der Waals surface area (Å²) >= 11 is 4.65. The maximum absolute atomic E-state index is 12.2. The summed E-state index contributed by atoms with van der Waals surface area (Å²) in [6, 6.07) is 7.76. The molecule has 0 radical (unpaired) electrons. The molecule has 2 rings (SSSR count). The highest BCUT2D eigenvalue weighted by atomic mass is 32.2. The van der Waals surface area contributed by atoms with Gasteiger partial charge in [-0.15, -0.1) is 10.2 Å². The summed E-state index contributed by atoms with van der Waals surface area (Å²) < 4.78 is 1.78. The quantitative estimate of drug-likeness (QED) is 0.804. The Balaban J connectivity index is 1.94. The monoisotopic (exact) mass is 339 g/mol. The lowest BCUT2D eigenvalue weighted by atomic mass is 10.2. The number of aryl methyl sites for hydroxylation is 1. The molecule has 0 saturated heterocycles. The van der Waals surface area contributed by atoms with Crippen LogP contribution in [0.1, 0.15) is 19.4 Å². The number of hydrogen-bond acceptors (Lipinski definition) is 6. The highest BCUT2D eigenvalue weighted by Gasteiger charge is 2.17. The molecule has 2 aromatic rings. The van der Waals surface area contributed by atoms with E-state index >= 15 is 0 Å². The lowest BCUT2D eigenvalue weighted by Gasteiger charge is -2.11. The summed E-state index contributed by atoms with van der Waals surface area (Å²) in [4.78, 5) is 12.2. The molecule has 0 fully saturated rings. The Morgan fingerprint density at radius 3 is 2.76 bits per heavy atom. The predicted molar refractivity (Wildman–Crippen MR) is 91.4 cm³/mol. The molecule has 1 unspecified atom stereocenters. The van der Waals surface area contributed by atoms with Gasteiger partial charge in [0.05, 0.1) is 5.25 Å². The van der Waals surface area contributed by atoms with E-state index in [1.165, 1.54) is 23.1 Å². The van der Waals surface area contributed by atoms with Gasteiger partial charge in [-0.2, -0.15) is 0 Å². The summed E-state index contributed by atoms with van der Waals surface area (Å²) in [5, 5.41) is 11.0. The van der Waals surface area contributed by atoms with Crippen LogP contribution in [0.25, 0.3) is 0 Å². The number of carbonyl (C=O) groups is 1. The van der Waals surface area contributed by atoms with E-state index in [4.69, 9.17) is 0 Å². The third-order valence-corrected chi connectivity index (χ3v) is 5.83. The molecule has 0 aliphatic rings. The molecule has 4 nitrogen and oxygen atoms in total. The van der Waals surface area contributed by atoms with Crippen molar-refractivity contribution >= 4 is 46.5 Å². The number of aromatic nitrogens is 2. The lowest BCUT2D eigenvalue weighted by molar-refractivity contribution is -0.115. The topological polar surface area (TPSA) is 54.9 Å². The van der Waals surface area contributed by atoms with Crippen LogP contribution in [-0.2, 0) is 4.79 Å². The van der Waals surface area contributed by atoms with E-state index < -0.39 is 0 Å². The third kappa shape index (κ3) is 4.72. The zero-order valence-electron chi connectivity index (χ0n) is 12.1. The standard InChI is InChI=1S/C14H17N3OS3/c1-4-19-13-16-17-14(21-13)20-10(3)12(18)15-11-8-6-5-7-9(11)2/h5-8,10H,4H2,1-3H3,(H,15,18). The van der Waals surface area contributed by atoms with Crippen molar-refractivity contribution in [2.24, 2.45) is 0 Å². The number of nitrogens with one attached hydrogen (secondary N) is 1. The number of nitrogens with zero attached hydrogens (tertiary/aromatic N) is 2. The van der Waals surface area contributed by atoms with E-state index in [2.05, 4.69) is 22.4 Å². The molecular formula is C14H17N3OS3. The fraction of sp³-hybridized carbons (Fsp3) is 0.357. The van der Waals surface area contributed by atoms with E-state index in [9.17, 15) is 4.79 Å². The highest BCUT2D eigenvalue weighted by Crippen LogP contribution is 2.31. The maximum Gasteiger partial charge on any atom is 0.237 e. The minimum absolute atomic E-state index is 0.0193. The van der Waals surface area contributed by atoms with Crippen molar-refractivity contribution in [3.8, 4) is 0 Å². The number of benzene rings is 1. The molecule has 1 aromatic carbocycles. The van der Waals surface area contributed by atoms with Gasteiger partial charge in [-0.1, -0.05) is 60.0 Å². The minimum Gasteiger partial charge on any atom is -0.325 e. The van der Waals surface area contributed by atoms with Crippen LogP contribution in [0.2, 0.25) is 0 Å². The first-order valence-electron chi connectivity index (χ1n) is 6.59. The number of carbonyl (C=O) groups excluding carboxylic acids is 1. The Morgan fingerprint density at radius 1 is 1.33 bits per heavy atom. The van der Waals surface area contributed by atoms with Gasteiger partial charge in [0, 0.05) is 5.69 Å². The summed E-state index contributed by atoms with van der Waals surface area (Å²) in [5.41, 5.74) is 1.91. The third-order valence-electron chi connectivity index (χ3n) is 2.71. The van der Waals surface area contributed by atoms with Crippen LogP contribution in [-0.4, -0.2) is 27.1 Å². The number of rotatable bonds is 6. The highest BCUT2D eigenvalue weighted by molar-refractivity contribution is 8.03. The average molecular weight is 340 g/mol. The fourth-order valence-corrected chi connectivity index (χ4v) is 4.64. The van der Waals surface area contributed by atoms with Crippen molar-refractivity contribution in [1.82, 2.24) is 10.2 Å². The van der Waals surface area contributed by atoms with Gasteiger partial charge in [0.25, 0.3) is 0 Å². The Labute approximate surface area is 137 Å². The molecule has 1 heterocycles. The van der Waals surface area contributed by atoms with E-state index in [0.717, 1.165) is 25.7 Å². The van der Waals surface area contributed by atoms with Gasteiger partial charge in [-0.05, 0) is 31.2 Å². The van der Waals surface area contributed by atoms with Gasteiger partial charge >= 0.3 is 0 Å². The number of para-hydroxylation sites is 1. The summed E-state index contributed by atoms with van der Waals surface area (Å²) in [5.74, 6) is 0.956. The van der Waals surface area contributed by atoms with Crippen molar-refractivity contribution in [3.05, 3.63) is 29.8 Å². The van der Waals surface area contributed by atoms with Crippen molar-refractivity contribution in [1.29, 1.82) is 0 Å². The van der Waals surface area contributed by atoms with Gasteiger partial charge in [0.15, 0.2) is 8.68 Å². The molecule has 112 valence electrons. The molecule has 1 N–H and O–H groups in total. The molecular weight excluding hydrogens is 322 g/mol. The number of anilines is 1. The molecule has 1 atom stereocenters. The van der Waals surface area contributed by atoms with Crippen molar-refractivity contribution in [3.63, 3.8) is 0 Å². The molecule has 0 saturated carbocycles. The smallest absolute Gasteiger partial charge is 0.237 e. The lowest BCUT2D eigenvalue weighted by Crippen LogP contribution is -2.22. The van der Waals surface area contributed by atoms with Crippen LogP contribution < -0.4 is 5.32 Å². The first kappa shape index (κ1) is 16.3. The fourth-order valence-electron chi connectivity index (χ4n) is 1.58. The maximum atomic E-state index is 12.2. The van der Waals surface area contributed by atoms with E-state index in [-0.39, 0.29) is 11.2 Å². The second kappa shape index (κ2) is 7.82. The Hall–Kier alpha value is -1.05. The van der Waals surface area contributed by atoms with Gasteiger partial charge in [0.1, 0.15) is 0 Å². The van der Waals surface area contributed by atoms with Gasteiger partial charge in [0.2, 0.25) is 5.91 Å². The van der Waals surface area contributed by atoms with Gasteiger partial charge < -0.3 is 5.32 Å². The summed E-state index contributed by atoms with van der Waals surface area (Å²) in [6.07, 6.45) is 0. The van der Waals surface area contributed by atoms with Gasteiger partial charge in [-0.25, -0.2) is 0 Å². The van der Waals surface area contributed by atoms with Crippen LogP contribution in [0.15, 0.2) is 32.9 Å². The normalized spacial score (nSPS) is 12.1. The molecule has 0 aliphatic carbocycles. The number of hydrogen-bond donors (Lipinski definition) is 1. The molecule has 21 heavy (non-hydrogen) atoms. The van der Waals surface area contributed by atoms with Crippen LogP contribution >= 0.6 is 34.9 Å². The second-order valence-electron chi connectivity index (χ2n) is 4.33. The van der Waals surface area contributed by atoms with Crippen LogP contribution in [0.3, 0.4) is 0 Å². The Kier molecular flexibility index (Phi) is 6.08. The molecule has 0 aliphatic heterocycles. The zero-order chi connectivity index (χ0) is 15.2. The SMILES string of the molecule is CCSc1nnc(SC(C)C(=O)Nc2ccccc2C)s1. The van der Waals surface area contributed by atoms with E-state index in [0.29, 0.717) is 0 Å². The number of amides is 1. The average Bonchev–Trinajstić information content (AvgIpc) is 2.89. The Morgan fingerprint density at radius 2 is 2.05 bits per heavy atom. The summed E-state index contributed by atoms with van der Waals surface area (Å²) in [7, 11) is 0. The minimum atomic E-state index is -0.211. The zero-order valence-corrected chi connectivity index (χ0v) is 14.6. The molecule has 1 aromatic heterocycles. The second-order valence-corrected chi connectivity index (χ2v) is 8.41. The molecule has 7 heteroatoms. The van der Waals surface area contributed by atoms with Crippen molar-refractivity contribution in [2.75, 3.05) is 11.1 Å². The Bertz CT molecular complexity index is 615. The van der Waals surface area contributed by atoms with Crippen molar-refractivity contribution < 1.29 is 4.79 Å². The summed E-state index contributed by atoms with van der Waals surface area (Å²) in [6.45, 7) is 5.94. The van der Waals surface area contributed by atoms with E-state index in [1.807, 2.05) is 38.1 Å². The van der Waals surface area contributed by atoms with Crippen molar-refractivity contribution in [2.45, 2.75) is 34.7 Å². The van der Waals surface area contributed by atoms with Crippen LogP contribution in [0.5, 0.6) is 0 Å². The van der Waals surface area contributed by atoms with Crippen LogP contribution in [0, 0.1) is 6.92 Å². The number of thioether (sulfide) groups is 2.